The summed E-state index contributed by atoms with van der Waals surface area (Å²) < 4.78 is 5.66. The van der Waals surface area contributed by atoms with Gasteiger partial charge in [0.1, 0.15) is 11.5 Å². The molecule has 1 aromatic heterocycles. The fourth-order valence-corrected chi connectivity index (χ4v) is 3.78. The van der Waals surface area contributed by atoms with Gasteiger partial charge in [0.2, 0.25) is 0 Å². The number of ether oxygens (including phenoxy) is 1. The van der Waals surface area contributed by atoms with Gasteiger partial charge < -0.3 is 4.74 Å². The van der Waals surface area contributed by atoms with E-state index in [0.29, 0.717) is 12.8 Å². The second-order valence-electron chi connectivity index (χ2n) is 5.62. The highest BCUT2D eigenvalue weighted by molar-refractivity contribution is 7.10. The quantitative estimate of drug-likeness (QED) is 0.625. The molecule has 2 rings (SSSR count). The number of cyclic esters (lactones) is 1. The third-order valence-electron chi connectivity index (χ3n) is 4.32. The molecule has 1 aliphatic heterocycles. The lowest BCUT2D eigenvalue weighted by molar-refractivity contribution is -0.190. The van der Waals surface area contributed by atoms with Crippen LogP contribution >= 0.6 is 11.3 Å². The van der Waals surface area contributed by atoms with Crippen LogP contribution in [0.25, 0.3) is 0 Å². The van der Waals surface area contributed by atoms with Gasteiger partial charge in [0.15, 0.2) is 5.78 Å². The van der Waals surface area contributed by atoms with E-state index in [0.717, 1.165) is 4.88 Å². The summed E-state index contributed by atoms with van der Waals surface area (Å²) in [5.41, 5.74) is -1.64. The molecule has 19 heavy (non-hydrogen) atoms. The molecule has 1 saturated heterocycles. The normalized spacial score (nSPS) is 25.2. The van der Waals surface area contributed by atoms with Gasteiger partial charge in [-0.15, -0.1) is 11.3 Å². The molecule has 3 nitrogen and oxygen atoms in total. The Balaban J connectivity index is 2.54. The minimum absolute atomic E-state index is 0.0136. The van der Waals surface area contributed by atoms with Gasteiger partial charge in [-0.2, -0.15) is 0 Å². The third-order valence-corrected chi connectivity index (χ3v) is 5.24. The first kappa shape index (κ1) is 14.3. The summed E-state index contributed by atoms with van der Waals surface area (Å²) in [6, 6.07) is 3.86. The van der Waals surface area contributed by atoms with Crippen molar-refractivity contribution < 1.29 is 14.3 Å². The average Bonchev–Trinajstić information content (AvgIpc) is 2.91. The first-order chi connectivity index (χ1) is 8.90. The molecule has 0 N–H and O–H groups in total. The predicted octanol–water partition coefficient (Wildman–Crippen LogP) is 3.75. The number of rotatable bonds is 3. The Morgan fingerprint density at radius 2 is 1.89 bits per heavy atom. The van der Waals surface area contributed by atoms with Crippen LogP contribution < -0.4 is 0 Å². The van der Waals surface area contributed by atoms with E-state index in [1.807, 2.05) is 31.4 Å². The van der Waals surface area contributed by atoms with Gasteiger partial charge in [-0.3, -0.25) is 9.59 Å². The van der Waals surface area contributed by atoms with Crippen molar-refractivity contribution in [2.45, 2.75) is 46.6 Å². The highest BCUT2D eigenvalue weighted by atomic mass is 32.1. The molecule has 1 atom stereocenters. The molecular formula is C15H20O3S. The molecular weight excluding hydrogens is 260 g/mol. The number of hydrogen-bond donors (Lipinski definition) is 0. The van der Waals surface area contributed by atoms with Crippen molar-refractivity contribution in [2.24, 2.45) is 10.8 Å². The van der Waals surface area contributed by atoms with Crippen LogP contribution in [-0.2, 0) is 14.3 Å². The smallest absolute Gasteiger partial charge is 0.319 e. The van der Waals surface area contributed by atoms with E-state index in [9.17, 15) is 9.59 Å². The van der Waals surface area contributed by atoms with Crippen LogP contribution in [0.4, 0.5) is 0 Å². The number of ketones is 1. The summed E-state index contributed by atoms with van der Waals surface area (Å²) in [6.45, 7) is 7.33. The van der Waals surface area contributed by atoms with Crippen molar-refractivity contribution in [1.82, 2.24) is 0 Å². The first-order valence-corrected chi connectivity index (χ1v) is 7.57. The van der Waals surface area contributed by atoms with Gasteiger partial charge in [0, 0.05) is 4.88 Å². The highest BCUT2D eigenvalue weighted by Crippen LogP contribution is 2.52. The molecule has 4 heteroatoms. The second-order valence-corrected chi connectivity index (χ2v) is 6.60. The molecule has 0 spiro atoms. The third kappa shape index (κ3) is 1.93. The van der Waals surface area contributed by atoms with Crippen molar-refractivity contribution in [2.75, 3.05) is 0 Å². The maximum atomic E-state index is 12.9. The minimum Gasteiger partial charge on any atom is -0.455 e. The number of hydrogen-bond acceptors (Lipinski definition) is 4. The van der Waals surface area contributed by atoms with Crippen LogP contribution in [0.15, 0.2) is 17.5 Å². The Kier molecular flexibility index (Phi) is 3.56. The van der Waals surface area contributed by atoms with E-state index in [2.05, 4.69) is 0 Å². The fourth-order valence-electron chi connectivity index (χ4n) is 2.91. The molecule has 2 heterocycles. The number of carbonyl (C=O) groups excluding carboxylic acids is 2. The van der Waals surface area contributed by atoms with Crippen LogP contribution in [-0.4, -0.2) is 11.8 Å². The van der Waals surface area contributed by atoms with Crippen molar-refractivity contribution in [1.29, 1.82) is 0 Å². The lowest BCUT2D eigenvalue weighted by Gasteiger charge is -2.46. The lowest BCUT2D eigenvalue weighted by atomic mass is 9.63. The van der Waals surface area contributed by atoms with Gasteiger partial charge >= 0.3 is 5.97 Å². The predicted molar refractivity (Wildman–Crippen MR) is 75.0 cm³/mol. The summed E-state index contributed by atoms with van der Waals surface area (Å²) in [4.78, 5) is 25.9. The molecule has 104 valence electrons. The van der Waals surface area contributed by atoms with Crippen LogP contribution in [0.3, 0.4) is 0 Å². The topological polar surface area (TPSA) is 43.4 Å². The Morgan fingerprint density at radius 3 is 2.37 bits per heavy atom. The van der Waals surface area contributed by atoms with Crippen molar-refractivity contribution in [3.63, 3.8) is 0 Å². The van der Waals surface area contributed by atoms with E-state index < -0.39 is 22.9 Å². The number of esters is 1. The Labute approximate surface area is 118 Å². The summed E-state index contributed by atoms with van der Waals surface area (Å²) in [6.07, 6.45) is 0.930. The zero-order valence-electron chi connectivity index (χ0n) is 11.9. The summed E-state index contributed by atoms with van der Waals surface area (Å²) in [7, 11) is 0. The summed E-state index contributed by atoms with van der Waals surface area (Å²) in [5.74, 6) is -0.395. The molecule has 1 aliphatic rings. The maximum absolute atomic E-state index is 12.9. The maximum Gasteiger partial charge on any atom is 0.319 e. The largest absolute Gasteiger partial charge is 0.455 e. The van der Waals surface area contributed by atoms with Gasteiger partial charge in [-0.05, 0) is 38.1 Å². The van der Waals surface area contributed by atoms with E-state index in [1.54, 1.807) is 13.8 Å². The van der Waals surface area contributed by atoms with E-state index >= 15 is 0 Å². The van der Waals surface area contributed by atoms with Crippen molar-refractivity contribution in [3.8, 4) is 0 Å². The van der Waals surface area contributed by atoms with E-state index in [4.69, 9.17) is 4.74 Å². The SMILES string of the molecule is CCC1(CC)C(=O)C(C)(C)C(=O)O[C@H]1c1cccs1. The summed E-state index contributed by atoms with van der Waals surface area (Å²) >= 11 is 1.54. The van der Waals surface area contributed by atoms with Crippen LogP contribution in [0.5, 0.6) is 0 Å². The van der Waals surface area contributed by atoms with Crippen LogP contribution in [0, 0.1) is 10.8 Å². The molecule has 0 radical (unpaired) electrons. The van der Waals surface area contributed by atoms with Crippen molar-refractivity contribution in [3.05, 3.63) is 22.4 Å². The average molecular weight is 280 g/mol. The van der Waals surface area contributed by atoms with E-state index in [-0.39, 0.29) is 5.78 Å². The van der Waals surface area contributed by atoms with Gasteiger partial charge in [0.25, 0.3) is 0 Å². The number of carbonyl (C=O) groups is 2. The van der Waals surface area contributed by atoms with Gasteiger partial charge in [-0.1, -0.05) is 19.9 Å². The van der Waals surface area contributed by atoms with Crippen molar-refractivity contribution >= 4 is 23.1 Å². The van der Waals surface area contributed by atoms with Gasteiger partial charge in [-0.25, -0.2) is 0 Å². The molecule has 0 bridgehead atoms. The molecule has 0 amide bonds. The van der Waals surface area contributed by atoms with Crippen LogP contribution in [0.2, 0.25) is 0 Å². The zero-order valence-corrected chi connectivity index (χ0v) is 12.7. The Morgan fingerprint density at radius 1 is 1.26 bits per heavy atom. The molecule has 1 aromatic rings. The summed E-state index contributed by atoms with van der Waals surface area (Å²) in [5, 5.41) is 1.95. The van der Waals surface area contributed by atoms with E-state index in [1.165, 1.54) is 11.3 Å². The number of thiophene rings is 1. The lowest BCUT2D eigenvalue weighted by Crippen LogP contribution is -2.54. The highest BCUT2D eigenvalue weighted by Gasteiger charge is 2.58. The van der Waals surface area contributed by atoms with Gasteiger partial charge in [0.05, 0.1) is 5.41 Å². The molecule has 0 saturated carbocycles. The standard InChI is InChI=1S/C15H20O3S/c1-5-15(6-2)11(10-8-7-9-19-10)18-13(17)14(3,4)12(15)16/h7-9,11H,5-6H2,1-4H3/t11-/m0/s1. The molecule has 0 aliphatic carbocycles. The second kappa shape index (κ2) is 4.75. The molecule has 0 unspecified atom stereocenters. The first-order valence-electron chi connectivity index (χ1n) is 6.69. The minimum atomic E-state index is -1.04. The Bertz CT molecular complexity index is 483. The Hall–Kier alpha value is -1.16. The molecule has 1 fully saturated rings. The molecule has 0 aromatic carbocycles. The monoisotopic (exact) mass is 280 g/mol. The number of Topliss-reactive ketones (excluding diaryl/α,β-unsaturated/α-hetero) is 1. The van der Waals surface area contributed by atoms with Crippen LogP contribution in [0.1, 0.15) is 51.5 Å². The zero-order chi connectivity index (χ0) is 14.3. The fraction of sp³-hybridized carbons (Fsp3) is 0.600.